The average Bonchev–Trinajstić information content (AvgIpc) is 2.22. The highest BCUT2D eigenvalue weighted by Gasteiger charge is 2.00. The van der Waals surface area contributed by atoms with E-state index in [0.717, 1.165) is 25.3 Å². The van der Waals surface area contributed by atoms with Crippen molar-refractivity contribution in [1.29, 1.82) is 0 Å². The van der Waals surface area contributed by atoms with Gasteiger partial charge in [0.1, 0.15) is 0 Å². The van der Waals surface area contributed by atoms with Gasteiger partial charge in [-0.05, 0) is 25.7 Å². The number of ether oxygens (including phenoxy) is 2. The van der Waals surface area contributed by atoms with E-state index in [1.165, 1.54) is 7.11 Å². The van der Waals surface area contributed by atoms with Gasteiger partial charge in [0.05, 0.1) is 6.61 Å². The number of unbranched alkanes of at least 4 members (excludes halogenated alkanes) is 2. The molecule has 0 fully saturated rings. The molecular weight excluding hydrogens is 184 g/mol. The van der Waals surface area contributed by atoms with Crippen LogP contribution in [-0.2, 0) is 14.3 Å². The van der Waals surface area contributed by atoms with Gasteiger partial charge in [0.2, 0.25) is 0 Å². The average molecular weight is 202 g/mol. The van der Waals surface area contributed by atoms with Crippen molar-refractivity contribution in [3.63, 3.8) is 0 Å². The van der Waals surface area contributed by atoms with Crippen molar-refractivity contribution < 1.29 is 19.4 Å². The highest BCUT2D eigenvalue weighted by molar-refractivity contribution is 5.81. The lowest BCUT2D eigenvalue weighted by atomic mass is 10.2. The fourth-order valence-electron chi connectivity index (χ4n) is 0.947. The number of hydrogen-bond acceptors (Lipinski definition) is 4. The Kier molecular flexibility index (Phi) is 8.17. The predicted molar refractivity (Wildman–Crippen MR) is 52.6 cm³/mol. The lowest BCUT2D eigenvalue weighted by molar-refractivity contribution is -0.137. The lowest BCUT2D eigenvalue weighted by Gasteiger charge is -2.07. The van der Waals surface area contributed by atoms with Crippen LogP contribution in [0.2, 0.25) is 0 Å². The maximum absolute atomic E-state index is 10.6. The van der Waals surface area contributed by atoms with Gasteiger partial charge in [-0.25, -0.2) is 4.79 Å². The Labute approximate surface area is 84.5 Å². The smallest absolute Gasteiger partial charge is 0.330 e. The first-order chi connectivity index (χ1) is 6.70. The first-order valence-corrected chi connectivity index (χ1v) is 4.70. The van der Waals surface area contributed by atoms with Crippen LogP contribution >= 0.6 is 0 Å². The van der Waals surface area contributed by atoms with E-state index in [4.69, 9.17) is 9.84 Å². The Morgan fingerprint density at radius 1 is 1.50 bits per heavy atom. The summed E-state index contributed by atoms with van der Waals surface area (Å²) < 4.78 is 9.44. The SMILES string of the molecule is C=CC(=O)OCCCCCC(O)OC. The van der Waals surface area contributed by atoms with E-state index < -0.39 is 6.29 Å². The number of carbonyl (C=O) groups excluding carboxylic acids is 1. The standard InChI is InChI=1S/C10H18O4/c1-3-9(11)14-8-6-4-5-7-10(12)13-2/h3,10,12H,1,4-8H2,2H3. The Hall–Kier alpha value is -0.870. The van der Waals surface area contributed by atoms with Gasteiger partial charge >= 0.3 is 5.97 Å². The first-order valence-electron chi connectivity index (χ1n) is 4.70. The van der Waals surface area contributed by atoms with E-state index in [1.54, 1.807) is 0 Å². The molecule has 0 aliphatic rings. The molecule has 0 aromatic rings. The van der Waals surface area contributed by atoms with Gasteiger partial charge in [0.15, 0.2) is 6.29 Å². The molecule has 0 aromatic carbocycles. The molecule has 0 amide bonds. The molecule has 0 spiro atoms. The summed E-state index contributed by atoms with van der Waals surface area (Å²) in [6, 6.07) is 0. The fraction of sp³-hybridized carbons (Fsp3) is 0.700. The van der Waals surface area contributed by atoms with Crippen molar-refractivity contribution in [2.24, 2.45) is 0 Å². The van der Waals surface area contributed by atoms with E-state index >= 15 is 0 Å². The Balaban J connectivity index is 3.14. The minimum Gasteiger partial charge on any atom is -0.463 e. The van der Waals surface area contributed by atoms with Crippen LogP contribution < -0.4 is 0 Å². The number of hydrogen-bond donors (Lipinski definition) is 1. The third kappa shape index (κ3) is 7.76. The highest BCUT2D eigenvalue weighted by Crippen LogP contribution is 2.04. The molecule has 0 aliphatic carbocycles. The maximum Gasteiger partial charge on any atom is 0.330 e. The van der Waals surface area contributed by atoms with Gasteiger partial charge in [0, 0.05) is 13.2 Å². The van der Waals surface area contributed by atoms with E-state index in [2.05, 4.69) is 11.3 Å². The third-order valence-electron chi connectivity index (χ3n) is 1.78. The van der Waals surface area contributed by atoms with Crippen LogP contribution in [0.1, 0.15) is 25.7 Å². The van der Waals surface area contributed by atoms with Crippen molar-refractivity contribution in [1.82, 2.24) is 0 Å². The number of methoxy groups -OCH3 is 1. The second-order valence-corrected chi connectivity index (χ2v) is 2.91. The number of rotatable bonds is 8. The number of aliphatic hydroxyl groups excluding tert-OH is 1. The van der Waals surface area contributed by atoms with E-state index in [9.17, 15) is 4.79 Å². The number of aliphatic hydroxyl groups is 1. The first kappa shape index (κ1) is 13.1. The van der Waals surface area contributed by atoms with Crippen molar-refractivity contribution in [3.8, 4) is 0 Å². The van der Waals surface area contributed by atoms with Crippen LogP contribution in [0.25, 0.3) is 0 Å². The van der Waals surface area contributed by atoms with Crippen LogP contribution in [0.4, 0.5) is 0 Å². The zero-order valence-corrected chi connectivity index (χ0v) is 8.57. The second-order valence-electron chi connectivity index (χ2n) is 2.91. The molecule has 0 saturated carbocycles. The van der Waals surface area contributed by atoms with Crippen LogP contribution in [0.15, 0.2) is 12.7 Å². The van der Waals surface area contributed by atoms with Gasteiger partial charge < -0.3 is 14.6 Å². The number of carbonyl (C=O) groups is 1. The molecule has 0 saturated heterocycles. The van der Waals surface area contributed by atoms with Crippen molar-refractivity contribution in [3.05, 3.63) is 12.7 Å². The minimum atomic E-state index is -0.675. The van der Waals surface area contributed by atoms with Crippen LogP contribution in [0, 0.1) is 0 Å². The van der Waals surface area contributed by atoms with Crippen LogP contribution in [0.5, 0.6) is 0 Å². The van der Waals surface area contributed by atoms with E-state index in [0.29, 0.717) is 13.0 Å². The second kappa shape index (κ2) is 8.72. The molecule has 1 unspecified atom stereocenters. The van der Waals surface area contributed by atoms with E-state index in [-0.39, 0.29) is 5.97 Å². The Morgan fingerprint density at radius 3 is 2.79 bits per heavy atom. The quantitative estimate of drug-likeness (QED) is 0.278. The molecule has 1 N–H and O–H groups in total. The molecule has 0 bridgehead atoms. The molecule has 0 rings (SSSR count). The summed E-state index contributed by atoms with van der Waals surface area (Å²) in [6.45, 7) is 3.70. The lowest BCUT2D eigenvalue weighted by Crippen LogP contribution is -2.08. The van der Waals surface area contributed by atoms with Crippen molar-refractivity contribution >= 4 is 5.97 Å². The summed E-state index contributed by atoms with van der Waals surface area (Å²) >= 11 is 0. The maximum atomic E-state index is 10.6. The largest absolute Gasteiger partial charge is 0.463 e. The molecule has 0 aromatic heterocycles. The Morgan fingerprint density at radius 2 is 2.21 bits per heavy atom. The summed E-state index contributed by atoms with van der Waals surface area (Å²) in [6.07, 6.45) is 3.66. The van der Waals surface area contributed by atoms with Gasteiger partial charge in [-0.1, -0.05) is 6.58 Å². The monoisotopic (exact) mass is 202 g/mol. The van der Waals surface area contributed by atoms with Gasteiger partial charge in [-0.3, -0.25) is 0 Å². The molecule has 4 heteroatoms. The molecule has 0 heterocycles. The van der Waals surface area contributed by atoms with Crippen molar-refractivity contribution in [2.75, 3.05) is 13.7 Å². The molecule has 1 atom stereocenters. The Bertz CT molecular complexity index is 168. The summed E-state index contributed by atoms with van der Waals surface area (Å²) in [7, 11) is 1.47. The summed E-state index contributed by atoms with van der Waals surface area (Å²) in [5.74, 6) is -0.387. The van der Waals surface area contributed by atoms with Gasteiger partial charge in [-0.15, -0.1) is 0 Å². The highest BCUT2D eigenvalue weighted by atomic mass is 16.6. The third-order valence-corrected chi connectivity index (χ3v) is 1.78. The molecule has 82 valence electrons. The van der Waals surface area contributed by atoms with Crippen LogP contribution in [0.3, 0.4) is 0 Å². The molecular formula is C10H18O4. The predicted octanol–water partition coefficient (Wildman–Crippen LogP) is 1.24. The van der Waals surface area contributed by atoms with Gasteiger partial charge in [-0.2, -0.15) is 0 Å². The molecule has 4 nitrogen and oxygen atoms in total. The summed E-state index contributed by atoms with van der Waals surface area (Å²) in [5, 5.41) is 9.02. The summed E-state index contributed by atoms with van der Waals surface area (Å²) in [4.78, 5) is 10.6. The van der Waals surface area contributed by atoms with Gasteiger partial charge in [0.25, 0.3) is 0 Å². The van der Waals surface area contributed by atoms with Crippen molar-refractivity contribution in [2.45, 2.75) is 32.0 Å². The zero-order chi connectivity index (χ0) is 10.8. The van der Waals surface area contributed by atoms with E-state index in [1.807, 2.05) is 0 Å². The fourth-order valence-corrected chi connectivity index (χ4v) is 0.947. The molecule has 14 heavy (non-hydrogen) atoms. The summed E-state index contributed by atoms with van der Waals surface area (Å²) in [5.41, 5.74) is 0. The minimum absolute atomic E-state index is 0.387. The normalized spacial score (nSPS) is 12.1. The van der Waals surface area contributed by atoms with Crippen LogP contribution in [-0.4, -0.2) is 31.1 Å². The zero-order valence-electron chi connectivity index (χ0n) is 8.57. The topological polar surface area (TPSA) is 55.8 Å². The number of esters is 1. The molecule has 0 aliphatic heterocycles. The molecule has 0 radical (unpaired) electrons.